The van der Waals surface area contributed by atoms with E-state index in [0.29, 0.717) is 11.3 Å². The van der Waals surface area contributed by atoms with E-state index in [-0.39, 0.29) is 17.2 Å². The van der Waals surface area contributed by atoms with Crippen LogP contribution in [0, 0.1) is 10.1 Å². The topological polar surface area (TPSA) is 89.8 Å². The lowest BCUT2D eigenvalue weighted by Crippen LogP contribution is -2.40. The van der Waals surface area contributed by atoms with Gasteiger partial charge in [0.1, 0.15) is 0 Å². The molecule has 1 aliphatic rings. The lowest BCUT2D eigenvalue weighted by atomic mass is 10.1. The predicted octanol–water partition coefficient (Wildman–Crippen LogP) is 2.82. The van der Waals surface area contributed by atoms with Crippen LogP contribution in [-0.2, 0) is 9.53 Å². The van der Waals surface area contributed by atoms with Crippen LogP contribution in [0.5, 0.6) is 0 Å². The van der Waals surface area contributed by atoms with Crippen LogP contribution in [0.2, 0.25) is 0 Å². The molecule has 7 nitrogen and oxygen atoms in total. The first-order valence-corrected chi connectivity index (χ1v) is 6.83. The largest absolute Gasteiger partial charge is 0.433 e. The van der Waals surface area contributed by atoms with Gasteiger partial charge in [0.15, 0.2) is 0 Å². The lowest BCUT2D eigenvalue weighted by molar-refractivity contribution is -0.385. The molecule has 7 heteroatoms. The maximum absolute atomic E-state index is 12.2. The first-order chi connectivity index (χ1) is 11.0. The van der Waals surface area contributed by atoms with Crippen molar-refractivity contribution in [3.63, 3.8) is 0 Å². The van der Waals surface area contributed by atoms with Crippen molar-refractivity contribution in [1.82, 2.24) is 0 Å². The third-order valence-electron chi connectivity index (χ3n) is 3.54. The number of non-ortho nitro benzene ring substituents is 1. The summed E-state index contributed by atoms with van der Waals surface area (Å²) in [5.41, 5.74) is 0.926. The number of nitro benzene ring substituents is 1. The van der Waals surface area contributed by atoms with E-state index in [0.717, 1.165) is 0 Å². The number of amides is 1. The number of esters is 1. The van der Waals surface area contributed by atoms with Crippen molar-refractivity contribution in [3.8, 4) is 0 Å². The minimum Gasteiger partial charge on any atom is -0.433 e. The SMILES string of the molecule is CC(=O)N1c2ccccc2C(=O)O[C@@H]1c1cccc([N+](=O)[O-])c1. The summed E-state index contributed by atoms with van der Waals surface area (Å²) in [4.78, 5) is 35.9. The number of cyclic esters (lactones) is 1. The Kier molecular flexibility index (Phi) is 3.53. The smallest absolute Gasteiger partial charge is 0.342 e. The van der Waals surface area contributed by atoms with Crippen LogP contribution in [0.25, 0.3) is 0 Å². The fourth-order valence-corrected chi connectivity index (χ4v) is 2.54. The molecule has 1 heterocycles. The molecule has 0 saturated heterocycles. The molecule has 1 amide bonds. The summed E-state index contributed by atoms with van der Waals surface area (Å²) in [6, 6.07) is 12.3. The highest BCUT2D eigenvalue weighted by Gasteiger charge is 2.36. The molecule has 23 heavy (non-hydrogen) atoms. The van der Waals surface area contributed by atoms with E-state index in [2.05, 4.69) is 0 Å². The summed E-state index contributed by atoms with van der Waals surface area (Å²) in [6.45, 7) is 1.35. The van der Waals surface area contributed by atoms with E-state index in [1.165, 1.54) is 30.0 Å². The van der Waals surface area contributed by atoms with E-state index in [4.69, 9.17) is 4.74 Å². The maximum Gasteiger partial charge on any atom is 0.342 e. The number of hydrogen-bond acceptors (Lipinski definition) is 5. The molecule has 0 saturated carbocycles. The fourth-order valence-electron chi connectivity index (χ4n) is 2.54. The number of carbonyl (C=O) groups excluding carboxylic acids is 2. The number of benzene rings is 2. The predicted molar refractivity (Wildman–Crippen MR) is 80.9 cm³/mol. The van der Waals surface area contributed by atoms with E-state index in [1.807, 2.05) is 0 Å². The highest BCUT2D eigenvalue weighted by Crippen LogP contribution is 2.37. The molecule has 0 unspecified atom stereocenters. The Hall–Kier alpha value is -3.22. The van der Waals surface area contributed by atoms with Gasteiger partial charge in [0.25, 0.3) is 5.69 Å². The Morgan fingerprint density at radius 3 is 2.65 bits per heavy atom. The van der Waals surface area contributed by atoms with Gasteiger partial charge in [0.05, 0.1) is 16.2 Å². The van der Waals surface area contributed by atoms with Gasteiger partial charge in [0, 0.05) is 24.6 Å². The molecule has 2 aromatic carbocycles. The summed E-state index contributed by atoms with van der Waals surface area (Å²) in [7, 11) is 0. The van der Waals surface area contributed by atoms with Gasteiger partial charge in [-0.2, -0.15) is 0 Å². The van der Waals surface area contributed by atoms with Crippen LogP contribution >= 0.6 is 0 Å². The average Bonchev–Trinajstić information content (AvgIpc) is 2.54. The number of nitro groups is 1. The zero-order valence-electron chi connectivity index (χ0n) is 12.1. The second kappa shape index (κ2) is 5.53. The second-order valence-corrected chi connectivity index (χ2v) is 5.02. The third kappa shape index (κ3) is 2.52. The van der Waals surface area contributed by atoms with Crippen molar-refractivity contribution in [2.75, 3.05) is 4.90 Å². The molecule has 0 fully saturated rings. The van der Waals surface area contributed by atoms with E-state index >= 15 is 0 Å². The van der Waals surface area contributed by atoms with Gasteiger partial charge in [-0.05, 0) is 12.1 Å². The van der Waals surface area contributed by atoms with Crippen molar-refractivity contribution in [3.05, 3.63) is 69.8 Å². The number of carbonyl (C=O) groups is 2. The minimum absolute atomic E-state index is 0.138. The van der Waals surface area contributed by atoms with Crippen LogP contribution < -0.4 is 4.90 Å². The zero-order valence-corrected chi connectivity index (χ0v) is 12.1. The van der Waals surface area contributed by atoms with E-state index in [9.17, 15) is 19.7 Å². The Morgan fingerprint density at radius 2 is 1.96 bits per heavy atom. The third-order valence-corrected chi connectivity index (χ3v) is 3.54. The number of hydrogen-bond donors (Lipinski definition) is 0. The number of ether oxygens (including phenoxy) is 1. The van der Waals surface area contributed by atoms with Crippen molar-refractivity contribution in [2.24, 2.45) is 0 Å². The van der Waals surface area contributed by atoms with Gasteiger partial charge in [0.2, 0.25) is 12.1 Å². The summed E-state index contributed by atoms with van der Waals surface area (Å²) < 4.78 is 5.35. The molecule has 0 bridgehead atoms. The van der Waals surface area contributed by atoms with Crippen LogP contribution in [-0.4, -0.2) is 16.8 Å². The molecule has 0 aromatic heterocycles. The number of anilines is 1. The van der Waals surface area contributed by atoms with E-state index < -0.39 is 17.1 Å². The quantitative estimate of drug-likeness (QED) is 0.483. The lowest BCUT2D eigenvalue weighted by Gasteiger charge is -2.35. The molecular formula is C16H12N2O5. The van der Waals surface area contributed by atoms with Gasteiger partial charge in [-0.1, -0.05) is 24.3 Å². The Labute approximate surface area is 131 Å². The summed E-state index contributed by atoms with van der Waals surface area (Å²) in [6.07, 6.45) is -1.03. The van der Waals surface area contributed by atoms with Gasteiger partial charge in [-0.15, -0.1) is 0 Å². The Bertz CT molecular complexity index is 818. The first kappa shape index (κ1) is 14.7. The number of para-hydroxylation sites is 1. The average molecular weight is 312 g/mol. The molecule has 3 rings (SSSR count). The molecule has 1 atom stereocenters. The molecule has 0 N–H and O–H groups in total. The molecule has 1 aliphatic heterocycles. The van der Waals surface area contributed by atoms with Crippen molar-refractivity contribution >= 4 is 23.3 Å². The Morgan fingerprint density at radius 1 is 1.22 bits per heavy atom. The summed E-state index contributed by atoms with van der Waals surface area (Å²) in [5.74, 6) is -0.906. The maximum atomic E-state index is 12.2. The standard InChI is InChI=1S/C16H12N2O5/c1-10(19)17-14-8-3-2-7-13(14)16(20)23-15(17)11-5-4-6-12(9-11)18(21)22/h2-9,15H,1H3/t15-/m1/s1. The second-order valence-electron chi connectivity index (χ2n) is 5.02. The number of nitrogens with zero attached hydrogens (tertiary/aromatic N) is 2. The van der Waals surface area contributed by atoms with Gasteiger partial charge >= 0.3 is 5.97 Å². The Balaban J connectivity index is 2.12. The van der Waals surface area contributed by atoms with Gasteiger partial charge < -0.3 is 4.74 Å². The summed E-state index contributed by atoms with van der Waals surface area (Å²) >= 11 is 0. The number of rotatable bonds is 2. The monoisotopic (exact) mass is 312 g/mol. The fraction of sp³-hybridized carbons (Fsp3) is 0.125. The highest BCUT2D eigenvalue weighted by atomic mass is 16.6. The molecule has 0 spiro atoms. The van der Waals surface area contributed by atoms with Crippen LogP contribution in [0.15, 0.2) is 48.5 Å². The highest BCUT2D eigenvalue weighted by molar-refractivity contribution is 6.04. The van der Waals surface area contributed by atoms with Crippen LogP contribution in [0.4, 0.5) is 11.4 Å². The van der Waals surface area contributed by atoms with Crippen molar-refractivity contribution < 1.29 is 19.2 Å². The molecule has 2 aromatic rings. The number of fused-ring (bicyclic) bond motifs is 1. The van der Waals surface area contributed by atoms with E-state index in [1.54, 1.807) is 30.3 Å². The van der Waals surface area contributed by atoms with Crippen LogP contribution in [0.1, 0.15) is 29.1 Å². The minimum atomic E-state index is -1.03. The van der Waals surface area contributed by atoms with Gasteiger partial charge in [-0.25, -0.2) is 4.79 Å². The van der Waals surface area contributed by atoms with Crippen molar-refractivity contribution in [1.29, 1.82) is 0 Å². The molecule has 0 radical (unpaired) electrons. The normalized spacial score (nSPS) is 16.5. The molecule has 0 aliphatic carbocycles. The zero-order chi connectivity index (χ0) is 16.6. The first-order valence-electron chi connectivity index (χ1n) is 6.83. The van der Waals surface area contributed by atoms with Gasteiger partial charge in [-0.3, -0.25) is 19.8 Å². The van der Waals surface area contributed by atoms with Crippen LogP contribution in [0.3, 0.4) is 0 Å². The molecule has 116 valence electrons. The van der Waals surface area contributed by atoms with Crippen molar-refractivity contribution in [2.45, 2.75) is 13.2 Å². The molecular weight excluding hydrogens is 300 g/mol. The summed E-state index contributed by atoms with van der Waals surface area (Å²) in [5, 5.41) is 10.9.